The number of carbonyl (C=O) groups excluding carboxylic acids is 1. The van der Waals surface area contributed by atoms with Gasteiger partial charge in [-0.25, -0.2) is 4.79 Å². The molecule has 0 aliphatic carbocycles. The van der Waals surface area contributed by atoms with E-state index >= 15 is 0 Å². The number of benzene rings is 1. The van der Waals surface area contributed by atoms with Gasteiger partial charge >= 0.3 is 6.09 Å². The van der Waals surface area contributed by atoms with Gasteiger partial charge in [-0.1, -0.05) is 0 Å². The van der Waals surface area contributed by atoms with E-state index < -0.39 is 17.8 Å². The number of aliphatic hydroxyl groups is 1. The van der Waals surface area contributed by atoms with Crippen LogP contribution in [0.2, 0.25) is 0 Å². The SMILES string of the molecule is CC(O)C(C)Nc1ccc2c(c1)CC(CNC(=O)OC(C)(C)C)O2. The smallest absolute Gasteiger partial charge is 0.407 e. The molecule has 2 rings (SSSR count). The molecule has 0 spiro atoms. The second-order valence-corrected chi connectivity index (χ2v) is 7.32. The normalized spacial score (nSPS) is 19.0. The Kier molecular flexibility index (Phi) is 5.59. The molecule has 0 saturated carbocycles. The van der Waals surface area contributed by atoms with E-state index in [0.29, 0.717) is 6.54 Å². The molecule has 1 heterocycles. The van der Waals surface area contributed by atoms with Gasteiger partial charge in [-0.2, -0.15) is 0 Å². The summed E-state index contributed by atoms with van der Waals surface area (Å²) < 4.78 is 11.1. The molecule has 0 bridgehead atoms. The first-order valence-corrected chi connectivity index (χ1v) is 8.35. The van der Waals surface area contributed by atoms with E-state index in [9.17, 15) is 9.90 Å². The third-order valence-electron chi connectivity index (χ3n) is 3.79. The average Bonchev–Trinajstić information content (AvgIpc) is 2.85. The monoisotopic (exact) mass is 336 g/mol. The van der Waals surface area contributed by atoms with E-state index in [1.54, 1.807) is 6.92 Å². The van der Waals surface area contributed by atoms with Gasteiger partial charge in [0.25, 0.3) is 0 Å². The lowest BCUT2D eigenvalue weighted by Crippen LogP contribution is -2.38. The molecule has 0 aromatic heterocycles. The third kappa shape index (κ3) is 5.30. The van der Waals surface area contributed by atoms with Gasteiger partial charge in [0.1, 0.15) is 17.5 Å². The van der Waals surface area contributed by atoms with Crippen molar-refractivity contribution in [2.24, 2.45) is 0 Å². The predicted molar refractivity (Wildman–Crippen MR) is 93.6 cm³/mol. The standard InChI is InChI=1S/C18H28N2O4/c1-11(12(2)21)20-14-6-7-16-13(8-14)9-15(23-16)10-19-17(22)24-18(3,4)5/h6-8,11-12,15,20-21H,9-10H2,1-5H3,(H,19,22). The van der Waals surface area contributed by atoms with Gasteiger partial charge < -0.3 is 25.2 Å². The first-order chi connectivity index (χ1) is 11.1. The molecule has 134 valence electrons. The number of nitrogens with one attached hydrogen (secondary N) is 2. The summed E-state index contributed by atoms with van der Waals surface area (Å²) in [5.41, 5.74) is 1.53. The summed E-state index contributed by atoms with van der Waals surface area (Å²) in [6.45, 7) is 9.58. The molecular formula is C18H28N2O4. The fraction of sp³-hybridized carbons (Fsp3) is 0.611. The van der Waals surface area contributed by atoms with Crippen LogP contribution >= 0.6 is 0 Å². The fourth-order valence-electron chi connectivity index (χ4n) is 2.42. The number of alkyl carbamates (subject to hydrolysis) is 1. The van der Waals surface area contributed by atoms with Gasteiger partial charge in [-0.3, -0.25) is 0 Å². The number of fused-ring (bicyclic) bond motifs is 1. The summed E-state index contributed by atoms with van der Waals surface area (Å²) in [7, 11) is 0. The third-order valence-corrected chi connectivity index (χ3v) is 3.79. The molecule has 6 nitrogen and oxygen atoms in total. The van der Waals surface area contributed by atoms with E-state index in [4.69, 9.17) is 9.47 Å². The van der Waals surface area contributed by atoms with Gasteiger partial charge in [0, 0.05) is 18.2 Å². The van der Waals surface area contributed by atoms with Crippen LogP contribution in [0.1, 0.15) is 40.2 Å². The lowest BCUT2D eigenvalue weighted by molar-refractivity contribution is 0.0506. The van der Waals surface area contributed by atoms with Crippen molar-refractivity contribution in [3.05, 3.63) is 23.8 Å². The lowest BCUT2D eigenvalue weighted by Gasteiger charge is -2.20. The molecule has 0 saturated heterocycles. The summed E-state index contributed by atoms with van der Waals surface area (Å²) in [6, 6.07) is 5.85. The fourth-order valence-corrected chi connectivity index (χ4v) is 2.42. The minimum absolute atomic E-state index is 0.0324. The maximum absolute atomic E-state index is 11.7. The predicted octanol–water partition coefficient (Wildman–Crippen LogP) is 2.70. The first kappa shape index (κ1) is 18.4. The second kappa shape index (κ2) is 7.30. The summed E-state index contributed by atoms with van der Waals surface area (Å²) in [4.78, 5) is 11.7. The summed E-state index contributed by atoms with van der Waals surface area (Å²) in [5, 5.41) is 15.6. The highest BCUT2D eigenvalue weighted by Crippen LogP contribution is 2.31. The second-order valence-electron chi connectivity index (χ2n) is 7.32. The van der Waals surface area contributed by atoms with Crippen molar-refractivity contribution in [1.82, 2.24) is 5.32 Å². The van der Waals surface area contributed by atoms with Crippen LogP contribution < -0.4 is 15.4 Å². The molecule has 1 aliphatic rings. The molecule has 1 aromatic rings. The Hall–Kier alpha value is -1.95. The van der Waals surface area contributed by atoms with Crippen molar-refractivity contribution in [2.75, 3.05) is 11.9 Å². The van der Waals surface area contributed by atoms with E-state index in [-0.39, 0.29) is 12.1 Å². The topological polar surface area (TPSA) is 79.8 Å². The van der Waals surface area contributed by atoms with Crippen LogP contribution in [-0.2, 0) is 11.2 Å². The van der Waals surface area contributed by atoms with Gasteiger partial charge in [0.05, 0.1) is 12.6 Å². The lowest BCUT2D eigenvalue weighted by atomic mass is 10.1. The largest absolute Gasteiger partial charge is 0.488 e. The van der Waals surface area contributed by atoms with E-state index in [0.717, 1.165) is 23.4 Å². The number of hydrogen-bond acceptors (Lipinski definition) is 5. The van der Waals surface area contributed by atoms with Crippen LogP contribution in [-0.4, -0.2) is 41.6 Å². The number of carbonyl (C=O) groups is 1. The van der Waals surface area contributed by atoms with Crippen LogP contribution in [0.5, 0.6) is 5.75 Å². The molecule has 0 fully saturated rings. The molecule has 1 aliphatic heterocycles. The zero-order valence-corrected chi connectivity index (χ0v) is 15.1. The van der Waals surface area contributed by atoms with Gasteiger partial charge in [-0.15, -0.1) is 0 Å². The van der Waals surface area contributed by atoms with E-state index in [2.05, 4.69) is 10.6 Å². The quantitative estimate of drug-likeness (QED) is 0.770. The Morgan fingerprint density at radius 3 is 2.75 bits per heavy atom. The Morgan fingerprint density at radius 2 is 2.12 bits per heavy atom. The Morgan fingerprint density at radius 1 is 1.42 bits per heavy atom. The van der Waals surface area contributed by atoms with Gasteiger partial charge in [0.2, 0.25) is 0 Å². The van der Waals surface area contributed by atoms with Crippen molar-refractivity contribution >= 4 is 11.8 Å². The molecule has 3 atom stereocenters. The summed E-state index contributed by atoms with van der Waals surface area (Å²) >= 11 is 0. The number of anilines is 1. The zero-order chi connectivity index (χ0) is 17.9. The maximum Gasteiger partial charge on any atom is 0.407 e. The number of rotatable bonds is 5. The van der Waals surface area contributed by atoms with Crippen LogP contribution in [0.15, 0.2) is 18.2 Å². The molecule has 1 aromatic carbocycles. The van der Waals surface area contributed by atoms with Crippen molar-refractivity contribution < 1.29 is 19.4 Å². The molecule has 24 heavy (non-hydrogen) atoms. The van der Waals surface area contributed by atoms with E-state index in [1.165, 1.54) is 0 Å². The first-order valence-electron chi connectivity index (χ1n) is 8.35. The van der Waals surface area contributed by atoms with Crippen molar-refractivity contribution in [3.8, 4) is 5.75 Å². The molecule has 0 radical (unpaired) electrons. The molecule has 3 N–H and O–H groups in total. The average molecular weight is 336 g/mol. The highest BCUT2D eigenvalue weighted by Gasteiger charge is 2.25. The van der Waals surface area contributed by atoms with Crippen LogP contribution in [0.4, 0.5) is 10.5 Å². The van der Waals surface area contributed by atoms with Crippen LogP contribution in [0, 0.1) is 0 Å². The van der Waals surface area contributed by atoms with Crippen LogP contribution in [0.3, 0.4) is 0 Å². The van der Waals surface area contributed by atoms with E-state index in [1.807, 2.05) is 45.9 Å². The molecule has 3 unspecified atom stereocenters. The molecule has 1 amide bonds. The number of ether oxygens (including phenoxy) is 2. The Bertz CT molecular complexity index is 581. The van der Waals surface area contributed by atoms with Crippen molar-refractivity contribution in [2.45, 2.75) is 64.9 Å². The number of hydrogen-bond donors (Lipinski definition) is 3. The Balaban J connectivity index is 1.87. The van der Waals surface area contributed by atoms with Crippen LogP contribution in [0.25, 0.3) is 0 Å². The summed E-state index contributed by atoms with van der Waals surface area (Å²) in [6.07, 6.45) is -0.239. The maximum atomic E-state index is 11.7. The van der Waals surface area contributed by atoms with Gasteiger partial charge in [-0.05, 0) is 58.4 Å². The Labute approximate surface area is 143 Å². The van der Waals surface area contributed by atoms with Crippen molar-refractivity contribution in [1.29, 1.82) is 0 Å². The minimum Gasteiger partial charge on any atom is -0.488 e. The highest BCUT2D eigenvalue weighted by molar-refractivity contribution is 5.67. The number of amides is 1. The molecular weight excluding hydrogens is 308 g/mol. The highest BCUT2D eigenvalue weighted by atomic mass is 16.6. The van der Waals surface area contributed by atoms with Gasteiger partial charge in [0.15, 0.2) is 0 Å². The number of aliphatic hydroxyl groups excluding tert-OH is 1. The minimum atomic E-state index is -0.509. The summed E-state index contributed by atoms with van der Waals surface area (Å²) in [5.74, 6) is 0.834. The zero-order valence-electron chi connectivity index (χ0n) is 15.1. The van der Waals surface area contributed by atoms with Crippen molar-refractivity contribution in [3.63, 3.8) is 0 Å². The molecule has 6 heteroatoms.